The van der Waals surface area contributed by atoms with Crippen molar-refractivity contribution in [3.05, 3.63) is 165 Å². The molecule has 0 amide bonds. The van der Waals surface area contributed by atoms with Crippen LogP contribution in [0, 0.1) is 0 Å². The van der Waals surface area contributed by atoms with E-state index in [1.165, 1.54) is 58.1 Å². The Kier molecular flexibility index (Phi) is 25.7. The number of hydrogen-bond acceptors (Lipinski definition) is 24. The number of aromatic nitrogens is 12. The molecule has 2 fully saturated rings. The van der Waals surface area contributed by atoms with Gasteiger partial charge in [0.2, 0.25) is 0 Å². The molecule has 14 rings (SSSR count). The maximum Gasteiger partial charge on any atom is 0.149 e. The zero-order chi connectivity index (χ0) is 74.7. The lowest BCUT2D eigenvalue weighted by molar-refractivity contribution is 0.201. The fourth-order valence-corrected chi connectivity index (χ4v) is 13.6. The number of sulfone groups is 1. The maximum absolute atomic E-state index is 11.5. The van der Waals surface area contributed by atoms with Crippen molar-refractivity contribution in [3.8, 4) is 68.3 Å². The van der Waals surface area contributed by atoms with E-state index in [0.29, 0.717) is 47.2 Å². The second kappa shape index (κ2) is 36.3. The summed E-state index contributed by atoms with van der Waals surface area (Å²) in [6.45, 7) is 9.69. The van der Waals surface area contributed by atoms with E-state index >= 15 is 0 Å². The summed E-state index contributed by atoms with van der Waals surface area (Å²) >= 11 is 0. The van der Waals surface area contributed by atoms with Gasteiger partial charge in [-0.05, 0) is 139 Å². The molecule has 0 atom stereocenters. The van der Waals surface area contributed by atoms with E-state index in [-0.39, 0.29) is 32.1 Å². The molecule has 2 saturated heterocycles. The first-order valence-electron chi connectivity index (χ1n) is 35.9. The number of rotatable bonds is 31. The quantitative estimate of drug-likeness (QED) is 0.0364. The van der Waals surface area contributed by atoms with E-state index in [1.807, 2.05) is 92.2 Å². The highest BCUT2D eigenvalue weighted by Crippen LogP contribution is 2.39. The Morgan fingerprint density at radius 2 is 0.860 bits per heavy atom. The van der Waals surface area contributed by atoms with Gasteiger partial charge >= 0.3 is 0 Å². The molecule has 0 aliphatic carbocycles. The molecule has 6 aromatic carbocycles. The Balaban J connectivity index is 0.000000150. The molecule has 28 heteroatoms. The Bertz CT molecular complexity index is 4970. The van der Waals surface area contributed by atoms with Crippen LogP contribution in [-0.4, -0.2) is 214 Å². The fraction of sp³-hybridized carbons (Fsp3) is 0.354. The molecule has 8 heterocycles. The van der Waals surface area contributed by atoms with Gasteiger partial charge in [-0.15, -0.1) is 0 Å². The van der Waals surface area contributed by atoms with Gasteiger partial charge in [0.25, 0.3) is 0 Å². The summed E-state index contributed by atoms with van der Waals surface area (Å²) in [4.78, 5) is 40.1. The molecule has 2 aliphatic heterocycles. The molecule has 107 heavy (non-hydrogen) atoms. The second-order valence-electron chi connectivity index (χ2n) is 26.2. The van der Waals surface area contributed by atoms with Crippen molar-refractivity contribution in [1.29, 1.82) is 0 Å². The number of aliphatic hydroxyl groups excluding tert-OH is 2. The molecule has 6 aromatic heterocycles. The van der Waals surface area contributed by atoms with Crippen LogP contribution in [0.5, 0.6) is 34.5 Å². The summed E-state index contributed by atoms with van der Waals surface area (Å²) in [5.74, 6) is 4.23. The molecule has 0 saturated carbocycles. The van der Waals surface area contributed by atoms with Gasteiger partial charge in [0.05, 0.1) is 142 Å². The van der Waals surface area contributed by atoms with Crippen LogP contribution in [0.1, 0.15) is 44.9 Å². The van der Waals surface area contributed by atoms with E-state index in [1.54, 1.807) is 88.3 Å². The number of aliphatic hydroxyl groups is 2. The number of benzene rings is 6. The third kappa shape index (κ3) is 20.1. The van der Waals surface area contributed by atoms with Gasteiger partial charge in [0.15, 0.2) is 0 Å². The number of nitrogens with zero attached hydrogens (tertiary/aromatic N) is 16. The highest BCUT2D eigenvalue weighted by molar-refractivity contribution is 7.90. The highest BCUT2D eigenvalue weighted by Gasteiger charge is 2.21. The molecule has 12 aromatic rings. The zero-order valence-electron chi connectivity index (χ0n) is 61.7. The summed E-state index contributed by atoms with van der Waals surface area (Å²) < 4.78 is 59.6. The molecule has 2 aliphatic rings. The van der Waals surface area contributed by atoms with Crippen molar-refractivity contribution >= 4 is 77.1 Å². The fourth-order valence-electron chi connectivity index (χ4n) is 13.1. The molecule has 560 valence electrons. The monoisotopic (exact) mass is 1470 g/mol. The highest BCUT2D eigenvalue weighted by atomic mass is 32.2. The first-order valence-corrected chi connectivity index (χ1v) is 38.0. The van der Waals surface area contributed by atoms with Crippen LogP contribution in [0.3, 0.4) is 0 Å². The van der Waals surface area contributed by atoms with Crippen LogP contribution >= 0.6 is 0 Å². The largest absolute Gasteiger partial charge is 0.497 e. The smallest absolute Gasteiger partial charge is 0.149 e. The third-order valence-electron chi connectivity index (χ3n) is 18.6. The molecule has 0 bridgehead atoms. The molecular formula is C79H93N17O10S. The minimum absolute atomic E-state index is 0.0135. The van der Waals surface area contributed by atoms with Crippen molar-refractivity contribution in [2.45, 2.75) is 51.5 Å². The van der Waals surface area contributed by atoms with Crippen LogP contribution in [0.2, 0.25) is 0 Å². The number of aromatic amines is 1. The molecule has 3 N–H and O–H groups in total. The lowest BCUT2D eigenvalue weighted by atomic mass is 10.1. The van der Waals surface area contributed by atoms with Crippen molar-refractivity contribution in [1.82, 2.24) is 69.5 Å². The lowest BCUT2D eigenvalue weighted by Crippen LogP contribution is -2.26. The number of hydrogen-bond donors (Lipinski definition) is 3. The summed E-state index contributed by atoms with van der Waals surface area (Å²) in [7, 11) is 7.03. The lowest BCUT2D eigenvalue weighted by Gasteiger charge is -2.27. The Hall–Kier alpha value is -11.0. The second-order valence-corrected chi connectivity index (χ2v) is 28.5. The maximum atomic E-state index is 11.5. The number of aryl methyl sites for hydroxylation is 2. The van der Waals surface area contributed by atoms with Crippen LogP contribution in [-0.2, 0) is 23.4 Å². The van der Waals surface area contributed by atoms with Crippen LogP contribution in [0.4, 0.5) is 34.1 Å². The predicted molar refractivity (Wildman–Crippen MR) is 417 cm³/mol. The number of nitrogens with one attached hydrogen (secondary N) is 1. The van der Waals surface area contributed by atoms with E-state index in [4.69, 9.17) is 43.4 Å². The van der Waals surface area contributed by atoms with E-state index in [2.05, 4.69) is 96.2 Å². The zero-order valence-corrected chi connectivity index (χ0v) is 62.5. The first-order chi connectivity index (χ1) is 52.1. The van der Waals surface area contributed by atoms with Gasteiger partial charge < -0.3 is 63.1 Å². The van der Waals surface area contributed by atoms with Gasteiger partial charge in [-0.25, -0.2) is 23.4 Å². The number of fused-ring (bicyclic) bond motifs is 3. The number of likely N-dealkylation sites (tertiary alicyclic amines) is 2. The predicted octanol–water partition coefficient (Wildman–Crippen LogP) is 11.8. The van der Waals surface area contributed by atoms with Gasteiger partial charge in [0, 0.05) is 164 Å². The molecule has 0 spiro atoms. The standard InChI is InChI=1S/C28H34N6O3.C26H30N6O2.C25H29N5O5S/c1-32-20-21(18-30-32)28-19-29-26-7-6-22(16-27(26)31-28)34(11-5-10-33-8-3-4-9-33)23-14-24(36-2)17-25(15-23)37-13-12-35;1-33-22-12-21(13-23(15-22)34-2)32(11-5-10-31-8-3-4-9-31)20-6-7-24-25(14-20)30-26(18-27-24)19-16-28-29-17-19;1-34-21-11-20(12-22(14-21)35-2)30(7-4-9-31)19-5-6-23-24(13-19)28-25(16-26-23)18-15-27-29(17-18)8-10-36(3,32)33/h6-7,14-20,35H,3-5,8-13H2,1-2H3;6-7,12-18H,3-5,8-11H2,1-2H3,(H,28,29);5-6,11-17,31H,4,7-10H2,1-3H3. The summed E-state index contributed by atoms with van der Waals surface area (Å²) in [6.07, 6.45) is 25.0. The minimum Gasteiger partial charge on any atom is -0.497 e. The van der Waals surface area contributed by atoms with Gasteiger partial charge in [-0.2, -0.15) is 15.3 Å². The Morgan fingerprint density at radius 3 is 1.25 bits per heavy atom. The van der Waals surface area contributed by atoms with Crippen LogP contribution < -0.4 is 43.1 Å². The summed E-state index contributed by atoms with van der Waals surface area (Å²) in [6, 6.07) is 35.7. The van der Waals surface area contributed by atoms with Crippen molar-refractivity contribution < 1.29 is 47.1 Å². The SMILES string of the molecule is COc1cc(OC)cc(N(CCCN2CCCC2)c2ccc3ncc(-c4cn[nH]c4)nc3c2)c1.COc1cc(OC)cc(N(CCCO)c2ccc3ncc(-c4cnn(CCS(C)(=O)=O)c4)nc3c2)c1.COc1cc(OCCO)cc(N(CCCN2CCCC2)c2ccc3ncc(-c4cnn(C)c4)nc3c2)c1. The average Bonchev–Trinajstić information content (AvgIpc) is 0.906. The van der Waals surface area contributed by atoms with E-state index in [0.717, 1.165) is 140 Å². The minimum atomic E-state index is -3.08. The van der Waals surface area contributed by atoms with Crippen molar-refractivity contribution in [2.75, 3.05) is 141 Å². The van der Waals surface area contributed by atoms with E-state index < -0.39 is 9.84 Å². The number of ether oxygens (including phenoxy) is 6. The third-order valence-corrected chi connectivity index (χ3v) is 19.6. The van der Waals surface area contributed by atoms with Gasteiger partial charge in [0.1, 0.15) is 50.9 Å². The molecule has 0 unspecified atom stereocenters. The number of anilines is 6. The van der Waals surface area contributed by atoms with Crippen molar-refractivity contribution in [2.24, 2.45) is 7.05 Å². The number of H-pyrrole nitrogens is 1. The van der Waals surface area contributed by atoms with Crippen LogP contribution in [0.15, 0.2) is 165 Å². The van der Waals surface area contributed by atoms with E-state index in [9.17, 15) is 18.6 Å². The van der Waals surface area contributed by atoms with Crippen LogP contribution in [0.25, 0.3) is 66.9 Å². The normalized spacial score (nSPS) is 13.1. The molecular weight excluding hydrogens is 1380 g/mol. The first kappa shape index (κ1) is 75.6. The van der Waals surface area contributed by atoms with Gasteiger partial charge in [-0.3, -0.25) is 29.4 Å². The molecule has 0 radical (unpaired) electrons. The Morgan fingerprint density at radius 1 is 0.449 bits per heavy atom. The summed E-state index contributed by atoms with van der Waals surface area (Å²) in [5, 5.41) is 34.1. The average molecular weight is 1470 g/mol. The number of methoxy groups -OCH3 is 5. The van der Waals surface area contributed by atoms with Crippen molar-refractivity contribution in [3.63, 3.8) is 0 Å². The Labute approximate surface area is 623 Å². The molecule has 27 nitrogen and oxygen atoms in total. The topological polar surface area (TPSA) is 288 Å². The van der Waals surface area contributed by atoms with Gasteiger partial charge in [-0.1, -0.05) is 0 Å². The summed E-state index contributed by atoms with van der Waals surface area (Å²) in [5.41, 5.74) is 15.4.